The highest BCUT2D eigenvalue weighted by Crippen LogP contribution is 2.29. The van der Waals surface area contributed by atoms with E-state index in [0.29, 0.717) is 13.1 Å². The third-order valence-electron chi connectivity index (χ3n) is 4.62. The highest BCUT2D eigenvalue weighted by atomic mass is 19.1. The minimum atomic E-state index is -0.267. The summed E-state index contributed by atoms with van der Waals surface area (Å²) in [5, 5.41) is 7.17. The Morgan fingerprint density at radius 2 is 1.81 bits per heavy atom. The summed E-state index contributed by atoms with van der Waals surface area (Å²) in [6.45, 7) is 1.17. The van der Waals surface area contributed by atoms with Crippen LogP contribution in [0, 0.1) is 5.82 Å². The molecule has 0 spiro atoms. The average molecular weight is 364 g/mol. The van der Waals surface area contributed by atoms with Crippen LogP contribution in [-0.4, -0.2) is 26.8 Å². The molecular weight excluding hydrogens is 343 g/mol. The van der Waals surface area contributed by atoms with Gasteiger partial charge >= 0.3 is 6.03 Å². The second-order valence-corrected chi connectivity index (χ2v) is 6.82. The molecule has 1 aliphatic carbocycles. The smallest absolute Gasteiger partial charge is 0.317 e. The van der Waals surface area contributed by atoms with Crippen molar-refractivity contribution in [3.63, 3.8) is 0 Å². The molecule has 0 unspecified atom stereocenters. The molecule has 5 nitrogen and oxygen atoms in total. The monoisotopic (exact) mass is 364 g/mol. The van der Waals surface area contributed by atoms with Gasteiger partial charge in [-0.1, -0.05) is 24.3 Å². The standard InChI is InChI=1S/C21H21FN4O/c22-18-6-2-17(3-7-18)15-26(20-10-11-20)21(27)24-19-8-4-16(5-9-19)14-25-13-1-12-23-25/h1-9,12-13,20H,10-11,14-15H2,(H,24,27). The molecule has 4 rings (SSSR count). The van der Waals surface area contributed by atoms with Crippen LogP contribution in [0.4, 0.5) is 14.9 Å². The summed E-state index contributed by atoms with van der Waals surface area (Å²) in [7, 11) is 0. The van der Waals surface area contributed by atoms with Gasteiger partial charge in [0.15, 0.2) is 0 Å². The van der Waals surface area contributed by atoms with E-state index in [9.17, 15) is 9.18 Å². The Kier molecular flexibility index (Phi) is 4.87. The van der Waals surface area contributed by atoms with Gasteiger partial charge in [0.25, 0.3) is 0 Å². The molecule has 1 N–H and O–H groups in total. The highest BCUT2D eigenvalue weighted by Gasteiger charge is 2.32. The van der Waals surface area contributed by atoms with Gasteiger partial charge in [-0.05, 0) is 54.3 Å². The van der Waals surface area contributed by atoms with Gasteiger partial charge < -0.3 is 10.2 Å². The first-order chi connectivity index (χ1) is 13.2. The minimum Gasteiger partial charge on any atom is -0.317 e. The molecule has 0 atom stereocenters. The number of carbonyl (C=O) groups is 1. The van der Waals surface area contributed by atoms with Crippen molar-refractivity contribution >= 4 is 11.7 Å². The Morgan fingerprint density at radius 3 is 2.44 bits per heavy atom. The number of amides is 2. The molecule has 0 bridgehead atoms. The van der Waals surface area contributed by atoms with E-state index in [1.54, 1.807) is 18.3 Å². The van der Waals surface area contributed by atoms with E-state index in [2.05, 4.69) is 10.4 Å². The summed E-state index contributed by atoms with van der Waals surface area (Å²) in [5.41, 5.74) is 2.80. The first kappa shape index (κ1) is 17.3. The number of rotatable bonds is 6. The van der Waals surface area contributed by atoms with Crippen LogP contribution in [-0.2, 0) is 13.1 Å². The van der Waals surface area contributed by atoms with Crippen LogP contribution >= 0.6 is 0 Å². The van der Waals surface area contributed by atoms with Gasteiger partial charge in [-0.2, -0.15) is 5.10 Å². The third-order valence-corrected chi connectivity index (χ3v) is 4.62. The molecule has 1 aromatic heterocycles. The van der Waals surface area contributed by atoms with E-state index in [0.717, 1.165) is 29.7 Å². The maximum absolute atomic E-state index is 13.1. The lowest BCUT2D eigenvalue weighted by Gasteiger charge is -2.23. The molecule has 1 aliphatic rings. The van der Waals surface area contributed by atoms with Crippen molar-refractivity contribution in [3.8, 4) is 0 Å². The van der Waals surface area contributed by atoms with E-state index in [1.165, 1.54) is 12.1 Å². The SMILES string of the molecule is O=C(Nc1ccc(Cn2cccn2)cc1)N(Cc1ccc(F)cc1)C1CC1. The predicted octanol–water partition coefficient (Wildman–Crippen LogP) is 4.27. The van der Waals surface area contributed by atoms with Crippen molar-refractivity contribution in [1.29, 1.82) is 0 Å². The third kappa shape index (κ3) is 4.53. The van der Waals surface area contributed by atoms with E-state index >= 15 is 0 Å². The molecule has 0 saturated heterocycles. The summed E-state index contributed by atoms with van der Waals surface area (Å²) in [4.78, 5) is 14.6. The molecule has 0 aliphatic heterocycles. The summed E-state index contributed by atoms with van der Waals surface area (Å²) in [6.07, 6.45) is 5.69. The normalized spacial score (nSPS) is 13.4. The topological polar surface area (TPSA) is 50.2 Å². The fourth-order valence-electron chi connectivity index (χ4n) is 3.01. The van der Waals surface area contributed by atoms with Crippen LogP contribution in [0.3, 0.4) is 0 Å². The average Bonchev–Trinajstić information content (AvgIpc) is 3.39. The summed E-state index contributed by atoms with van der Waals surface area (Å²) in [6, 6.07) is 16.1. The lowest BCUT2D eigenvalue weighted by molar-refractivity contribution is 0.206. The Hall–Kier alpha value is -3.15. The molecule has 0 radical (unpaired) electrons. The summed E-state index contributed by atoms with van der Waals surface area (Å²) >= 11 is 0. The number of halogens is 1. The number of hydrogen-bond donors (Lipinski definition) is 1. The fourth-order valence-corrected chi connectivity index (χ4v) is 3.01. The minimum absolute atomic E-state index is 0.123. The van der Waals surface area contributed by atoms with Crippen LogP contribution in [0.2, 0.25) is 0 Å². The lowest BCUT2D eigenvalue weighted by Crippen LogP contribution is -2.36. The van der Waals surface area contributed by atoms with Gasteiger partial charge in [-0.25, -0.2) is 9.18 Å². The van der Waals surface area contributed by atoms with Gasteiger partial charge in [0, 0.05) is 30.7 Å². The maximum atomic E-state index is 13.1. The van der Waals surface area contributed by atoms with Crippen molar-refractivity contribution in [2.45, 2.75) is 32.0 Å². The number of aromatic nitrogens is 2. The van der Waals surface area contributed by atoms with Crippen LogP contribution in [0.1, 0.15) is 24.0 Å². The number of benzene rings is 2. The maximum Gasteiger partial charge on any atom is 0.322 e. The van der Waals surface area contributed by atoms with Crippen molar-refractivity contribution in [3.05, 3.63) is 83.9 Å². The largest absolute Gasteiger partial charge is 0.322 e. The Morgan fingerprint density at radius 1 is 1.11 bits per heavy atom. The van der Waals surface area contributed by atoms with E-state index in [-0.39, 0.29) is 17.9 Å². The van der Waals surface area contributed by atoms with Gasteiger partial charge in [0.1, 0.15) is 5.82 Å². The number of nitrogens with one attached hydrogen (secondary N) is 1. The zero-order valence-corrected chi connectivity index (χ0v) is 14.9. The van der Waals surface area contributed by atoms with Crippen LogP contribution < -0.4 is 5.32 Å². The number of anilines is 1. The zero-order chi connectivity index (χ0) is 18.6. The Bertz CT molecular complexity index is 887. The van der Waals surface area contributed by atoms with Crippen molar-refractivity contribution in [2.75, 3.05) is 5.32 Å². The molecule has 27 heavy (non-hydrogen) atoms. The summed E-state index contributed by atoms with van der Waals surface area (Å²) in [5.74, 6) is -0.267. The van der Waals surface area contributed by atoms with E-state index in [4.69, 9.17) is 0 Å². The predicted molar refractivity (Wildman–Crippen MR) is 102 cm³/mol. The van der Waals surface area contributed by atoms with E-state index < -0.39 is 0 Å². The Labute approximate surface area is 157 Å². The van der Waals surface area contributed by atoms with Crippen molar-refractivity contribution in [1.82, 2.24) is 14.7 Å². The molecule has 2 amide bonds. The van der Waals surface area contributed by atoms with Gasteiger partial charge in [0.05, 0.1) is 6.54 Å². The van der Waals surface area contributed by atoms with Gasteiger partial charge in [-0.15, -0.1) is 0 Å². The zero-order valence-electron chi connectivity index (χ0n) is 14.9. The van der Waals surface area contributed by atoms with Crippen molar-refractivity contribution < 1.29 is 9.18 Å². The van der Waals surface area contributed by atoms with Gasteiger partial charge in [-0.3, -0.25) is 4.68 Å². The van der Waals surface area contributed by atoms with Crippen LogP contribution in [0.15, 0.2) is 67.0 Å². The molecule has 6 heteroatoms. The molecule has 3 aromatic rings. The summed E-state index contributed by atoms with van der Waals surface area (Å²) < 4.78 is 14.9. The first-order valence-corrected chi connectivity index (χ1v) is 9.06. The number of carbonyl (C=O) groups excluding carboxylic acids is 1. The van der Waals surface area contributed by atoms with Crippen molar-refractivity contribution in [2.24, 2.45) is 0 Å². The highest BCUT2D eigenvalue weighted by molar-refractivity contribution is 5.89. The fraction of sp³-hybridized carbons (Fsp3) is 0.238. The Balaban J connectivity index is 1.39. The first-order valence-electron chi connectivity index (χ1n) is 9.06. The molecular formula is C21H21FN4O. The number of nitrogens with zero attached hydrogens (tertiary/aromatic N) is 3. The van der Waals surface area contributed by atoms with Crippen LogP contribution in [0.25, 0.3) is 0 Å². The molecule has 138 valence electrons. The number of urea groups is 1. The molecule has 2 aromatic carbocycles. The van der Waals surface area contributed by atoms with Gasteiger partial charge in [0.2, 0.25) is 0 Å². The van der Waals surface area contributed by atoms with E-state index in [1.807, 2.05) is 46.1 Å². The molecule has 1 saturated carbocycles. The number of hydrogen-bond acceptors (Lipinski definition) is 2. The quantitative estimate of drug-likeness (QED) is 0.710. The molecule has 1 fully saturated rings. The molecule has 1 heterocycles. The second-order valence-electron chi connectivity index (χ2n) is 6.82. The lowest BCUT2D eigenvalue weighted by atomic mass is 10.2. The second kappa shape index (κ2) is 7.61. The van der Waals surface area contributed by atoms with Crippen LogP contribution in [0.5, 0.6) is 0 Å².